The first kappa shape index (κ1) is 24.6. The highest BCUT2D eigenvalue weighted by molar-refractivity contribution is 7.89. The first-order chi connectivity index (χ1) is 15.9. The molecule has 0 fully saturated rings. The Kier molecular flexibility index (Phi) is 8.76. The molecular formula is C24H27N3O4S2. The van der Waals surface area contributed by atoms with E-state index in [0.29, 0.717) is 13.0 Å². The Morgan fingerprint density at radius 1 is 0.970 bits per heavy atom. The number of hydrogen-bond acceptors (Lipinski definition) is 5. The number of sulfonamides is 1. The van der Waals surface area contributed by atoms with E-state index in [1.165, 1.54) is 28.4 Å². The van der Waals surface area contributed by atoms with Crippen LogP contribution in [-0.2, 0) is 32.7 Å². The van der Waals surface area contributed by atoms with Gasteiger partial charge in [0.05, 0.1) is 18.0 Å². The van der Waals surface area contributed by atoms with Crippen molar-refractivity contribution in [3.8, 4) is 0 Å². The lowest BCUT2D eigenvalue weighted by molar-refractivity contribution is -0.140. The minimum absolute atomic E-state index is 0.0789. The van der Waals surface area contributed by atoms with Gasteiger partial charge in [-0.05, 0) is 35.6 Å². The molecule has 1 atom stereocenters. The van der Waals surface area contributed by atoms with Crippen molar-refractivity contribution < 1.29 is 18.0 Å². The SMILES string of the molecule is CC[C@@H](C(=O)NCc1ccccc1)N(Cc1cccs1)C(=O)CNS(=O)(=O)c1ccccc1. The number of carbonyl (C=O) groups is 2. The third-order valence-electron chi connectivity index (χ3n) is 5.07. The smallest absolute Gasteiger partial charge is 0.243 e. The summed E-state index contributed by atoms with van der Waals surface area (Å²) in [4.78, 5) is 28.6. The van der Waals surface area contributed by atoms with Crippen LogP contribution in [0.15, 0.2) is 83.1 Å². The molecule has 2 N–H and O–H groups in total. The summed E-state index contributed by atoms with van der Waals surface area (Å²) in [5.41, 5.74) is 0.951. The molecule has 0 bridgehead atoms. The third kappa shape index (κ3) is 6.98. The summed E-state index contributed by atoms with van der Waals surface area (Å²) in [6.45, 7) is 1.96. The second-order valence-corrected chi connectivity index (χ2v) is 10.2. The molecule has 33 heavy (non-hydrogen) atoms. The Balaban J connectivity index is 1.73. The molecule has 0 radical (unpaired) electrons. The molecule has 9 heteroatoms. The highest BCUT2D eigenvalue weighted by atomic mass is 32.2. The van der Waals surface area contributed by atoms with E-state index in [0.717, 1.165) is 10.4 Å². The van der Waals surface area contributed by atoms with E-state index in [4.69, 9.17) is 0 Å². The van der Waals surface area contributed by atoms with E-state index in [9.17, 15) is 18.0 Å². The van der Waals surface area contributed by atoms with E-state index >= 15 is 0 Å². The molecule has 0 saturated heterocycles. The van der Waals surface area contributed by atoms with Gasteiger partial charge in [-0.2, -0.15) is 0 Å². The quantitative estimate of drug-likeness (QED) is 0.436. The normalized spacial score (nSPS) is 12.2. The maximum absolute atomic E-state index is 13.2. The van der Waals surface area contributed by atoms with Gasteiger partial charge in [0.2, 0.25) is 21.8 Å². The molecule has 174 valence electrons. The Hall–Kier alpha value is -3.01. The van der Waals surface area contributed by atoms with Crippen LogP contribution in [-0.4, -0.2) is 37.7 Å². The van der Waals surface area contributed by atoms with Gasteiger partial charge in [-0.3, -0.25) is 9.59 Å². The van der Waals surface area contributed by atoms with Crippen molar-refractivity contribution in [3.05, 3.63) is 88.6 Å². The van der Waals surface area contributed by atoms with E-state index in [1.807, 2.05) is 54.8 Å². The number of hydrogen-bond donors (Lipinski definition) is 2. The van der Waals surface area contributed by atoms with Gasteiger partial charge < -0.3 is 10.2 Å². The lowest BCUT2D eigenvalue weighted by atomic mass is 10.1. The summed E-state index contributed by atoms with van der Waals surface area (Å²) in [6, 6.07) is 20.4. The molecule has 0 aliphatic heterocycles. The van der Waals surface area contributed by atoms with E-state index in [-0.39, 0.29) is 17.3 Å². The highest BCUT2D eigenvalue weighted by Crippen LogP contribution is 2.17. The van der Waals surface area contributed by atoms with Gasteiger partial charge in [-0.15, -0.1) is 11.3 Å². The molecule has 0 unspecified atom stereocenters. The number of carbonyl (C=O) groups excluding carboxylic acids is 2. The maximum Gasteiger partial charge on any atom is 0.243 e. The molecule has 0 aliphatic carbocycles. The summed E-state index contributed by atoms with van der Waals surface area (Å²) < 4.78 is 27.5. The monoisotopic (exact) mass is 485 g/mol. The topological polar surface area (TPSA) is 95.6 Å². The Morgan fingerprint density at radius 3 is 2.24 bits per heavy atom. The van der Waals surface area contributed by atoms with Crippen LogP contribution in [0.1, 0.15) is 23.8 Å². The molecule has 1 heterocycles. The molecule has 0 spiro atoms. The van der Waals surface area contributed by atoms with Crippen molar-refractivity contribution in [2.75, 3.05) is 6.54 Å². The number of thiophene rings is 1. The summed E-state index contributed by atoms with van der Waals surface area (Å²) in [6.07, 6.45) is 0.392. The van der Waals surface area contributed by atoms with Gasteiger partial charge >= 0.3 is 0 Å². The molecule has 2 aromatic carbocycles. The van der Waals surface area contributed by atoms with Gasteiger partial charge in [0, 0.05) is 11.4 Å². The summed E-state index contributed by atoms with van der Waals surface area (Å²) >= 11 is 1.47. The van der Waals surface area contributed by atoms with E-state index in [2.05, 4.69) is 10.0 Å². The number of rotatable bonds is 11. The van der Waals surface area contributed by atoms with Crippen molar-refractivity contribution in [2.24, 2.45) is 0 Å². The molecule has 1 aromatic heterocycles. The number of nitrogens with zero attached hydrogens (tertiary/aromatic N) is 1. The zero-order chi connectivity index (χ0) is 23.7. The lowest BCUT2D eigenvalue weighted by Gasteiger charge is -2.30. The predicted molar refractivity (Wildman–Crippen MR) is 129 cm³/mol. The average molecular weight is 486 g/mol. The number of amides is 2. The van der Waals surface area contributed by atoms with Crippen molar-refractivity contribution in [3.63, 3.8) is 0 Å². The largest absolute Gasteiger partial charge is 0.350 e. The van der Waals surface area contributed by atoms with Gasteiger partial charge in [-0.25, -0.2) is 13.1 Å². The third-order valence-corrected chi connectivity index (χ3v) is 7.35. The summed E-state index contributed by atoms with van der Waals surface area (Å²) in [5.74, 6) is -0.748. The van der Waals surface area contributed by atoms with Crippen molar-refractivity contribution in [1.29, 1.82) is 0 Å². The highest BCUT2D eigenvalue weighted by Gasteiger charge is 2.29. The molecule has 3 rings (SSSR count). The molecule has 7 nitrogen and oxygen atoms in total. The lowest BCUT2D eigenvalue weighted by Crippen LogP contribution is -2.51. The molecule has 2 amide bonds. The van der Waals surface area contributed by atoms with Crippen molar-refractivity contribution in [2.45, 2.75) is 37.4 Å². The van der Waals surface area contributed by atoms with Crippen LogP contribution in [0.2, 0.25) is 0 Å². The predicted octanol–water partition coefficient (Wildman–Crippen LogP) is 3.15. The van der Waals surface area contributed by atoms with Gasteiger partial charge in [0.1, 0.15) is 6.04 Å². The minimum atomic E-state index is -3.85. The second-order valence-electron chi connectivity index (χ2n) is 7.37. The fraction of sp³-hybridized carbons (Fsp3) is 0.250. The Bertz CT molecular complexity index is 1130. The zero-order valence-electron chi connectivity index (χ0n) is 18.3. The fourth-order valence-corrected chi connectivity index (χ4v) is 5.03. The molecule has 0 saturated carbocycles. The van der Waals surface area contributed by atoms with Crippen LogP contribution >= 0.6 is 11.3 Å². The van der Waals surface area contributed by atoms with Gasteiger partial charge in [-0.1, -0.05) is 61.5 Å². The van der Waals surface area contributed by atoms with Gasteiger partial charge in [0.15, 0.2) is 0 Å². The first-order valence-corrected chi connectivity index (χ1v) is 12.9. The molecular weight excluding hydrogens is 458 g/mol. The van der Waals surface area contributed by atoms with Crippen LogP contribution < -0.4 is 10.0 Å². The van der Waals surface area contributed by atoms with Crippen LogP contribution in [0.5, 0.6) is 0 Å². The zero-order valence-corrected chi connectivity index (χ0v) is 19.9. The number of benzene rings is 2. The van der Waals surface area contributed by atoms with Crippen molar-refractivity contribution >= 4 is 33.2 Å². The van der Waals surface area contributed by atoms with Crippen LogP contribution in [0.25, 0.3) is 0 Å². The summed E-state index contributed by atoms with van der Waals surface area (Å²) in [7, 11) is -3.85. The van der Waals surface area contributed by atoms with Crippen molar-refractivity contribution in [1.82, 2.24) is 14.9 Å². The first-order valence-electron chi connectivity index (χ1n) is 10.6. The standard InChI is InChI=1S/C24H27N3O4S2/c1-2-22(24(29)25-16-19-10-5-3-6-11-19)27(18-20-12-9-15-32-20)23(28)17-26-33(30,31)21-13-7-4-8-14-21/h3-15,22,26H,2,16-18H2,1H3,(H,25,29)/t22-/m0/s1. The fourth-order valence-electron chi connectivity index (χ4n) is 3.33. The van der Waals surface area contributed by atoms with Crippen LogP contribution in [0.3, 0.4) is 0 Å². The average Bonchev–Trinajstić information content (AvgIpc) is 3.35. The van der Waals surface area contributed by atoms with E-state index < -0.39 is 28.5 Å². The Labute approximate surface area is 198 Å². The minimum Gasteiger partial charge on any atom is -0.350 e. The van der Waals surface area contributed by atoms with E-state index in [1.54, 1.807) is 18.2 Å². The van der Waals surface area contributed by atoms with Crippen LogP contribution in [0, 0.1) is 0 Å². The Morgan fingerprint density at radius 2 is 1.64 bits per heavy atom. The molecule has 3 aromatic rings. The van der Waals surface area contributed by atoms with Crippen LogP contribution in [0.4, 0.5) is 0 Å². The summed E-state index contributed by atoms with van der Waals surface area (Å²) in [5, 5.41) is 4.79. The number of nitrogens with one attached hydrogen (secondary N) is 2. The van der Waals surface area contributed by atoms with Gasteiger partial charge in [0.25, 0.3) is 0 Å². The maximum atomic E-state index is 13.2. The molecule has 0 aliphatic rings. The second kappa shape index (κ2) is 11.7.